The van der Waals surface area contributed by atoms with Crippen LogP contribution in [-0.4, -0.2) is 29.6 Å². The Balaban J connectivity index is 2.33. The number of hydrogen-bond donors (Lipinski definition) is 0. The van der Waals surface area contributed by atoms with Crippen LogP contribution in [0.4, 0.5) is 0 Å². The van der Waals surface area contributed by atoms with Gasteiger partial charge in [-0.2, -0.15) is 0 Å². The lowest BCUT2D eigenvalue weighted by molar-refractivity contribution is -0.143. The van der Waals surface area contributed by atoms with Crippen molar-refractivity contribution in [1.82, 2.24) is 0 Å². The van der Waals surface area contributed by atoms with Gasteiger partial charge in [0.25, 0.3) is 0 Å². The van der Waals surface area contributed by atoms with Gasteiger partial charge < -0.3 is 4.74 Å². The zero-order valence-electron chi connectivity index (χ0n) is 5.87. The van der Waals surface area contributed by atoms with Gasteiger partial charge >= 0.3 is 0 Å². The molecule has 1 aliphatic carbocycles. The van der Waals surface area contributed by atoms with Gasteiger partial charge in [0.15, 0.2) is 18.0 Å². The molecule has 2 fully saturated rings. The van der Waals surface area contributed by atoms with E-state index in [0.29, 0.717) is 0 Å². The maximum Gasteiger partial charge on any atom is 0.230 e. The van der Waals surface area contributed by atoms with Crippen molar-refractivity contribution >= 4 is 17.3 Å². The Morgan fingerprint density at radius 3 is 2.36 bits per heavy atom. The fourth-order valence-electron chi connectivity index (χ4n) is 1.26. The summed E-state index contributed by atoms with van der Waals surface area (Å²) < 4.78 is 4.72. The average molecular weight is 154 g/mol. The van der Waals surface area contributed by atoms with Crippen LogP contribution in [0, 0.1) is 5.92 Å². The Bertz CT molecular complexity index is 268. The predicted molar refractivity (Wildman–Crippen MR) is 32.8 cm³/mol. The molecule has 2 aliphatic rings. The zero-order chi connectivity index (χ0) is 8.17. The molecule has 4 nitrogen and oxygen atoms in total. The number of hydrogen-bond acceptors (Lipinski definition) is 4. The Kier molecular flexibility index (Phi) is 1.07. The predicted octanol–water partition coefficient (Wildman–Crippen LogP) is -0.889. The molecular formula is C7H6O4. The lowest BCUT2D eigenvalue weighted by Crippen LogP contribution is -2.39. The molecule has 1 heterocycles. The van der Waals surface area contributed by atoms with Crippen molar-refractivity contribution in [3.63, 3.8) is 0 Å². The zero-order valence-corrected chi connectivity index (χ0v) is 5.87. The van der Waals surface area contributed by atoms with Gasteiger partial charge in [0, 0.05) is 0 Å². The van der Waals surface area contributed by atoms with Gasteiger partial charge in [0.1, 0.15) is 0 Å². The lowest BCUT2D eigenvalue weighted by Gasteiger charge is -2.08. The summed E-state index contributed by atoms with van der Waals surface area (Å²) in [6.07, 6.45) is -1.33. The van der Waals surface area contributed by atoms with E-state index in [2.05, 4.69) is 0 Å². The normalized spacial score (nSPS) is 42.3. The molecule has 4 heteroatoms. The Morgan fingerprint density at radius 2 is 1.73 bits per heavy atom. The summed E-state index contributed by atoms with van der Waals surface area (Å²) >= 11 is 0. The first kappa shape index (κ1) is 6.67. The highest BCUT2D eigenvalue weighted by molar-refractivity contribution is 6.47. The molecule has 0 bridgehead atoms. The van der Waals surface area contributed by atoms with E-state index in [1.54, 1.807) is 0 Å². The van der Waals surface area contributed by atoms with Gasteiger partial charge in [-0.1, -0.05) is 0 Å². The summed E-state index contributed by atoms with van der Waals surface area (Å²) in [5.41, 5.74) is 0. The molecule has 3 unspecified atom stereocenters. The molecule has 0 radical (unpaired) electrons. The summed E-state index contributed by atoms with van der Waals surface area (Å²) in [7, 11) is 0. The number of ketones is 3. The van der Waals surface area contributed by atoms with E-state index in [0.717, 1.165) is 0 Å². The van der Waals surface area contributed by atoms with E-state index in [1.807, 2.05) is 0 Å². The minimum Gasteiger partial charge on any atom is -0.352 e. The number of carbonyl (C=O) groups is 3. The summed E-state index contributed by atoms with van der Waals surface area (Å²) in [6.45, 7) is 1.44. The Hall–Kier alpha value is -1.03. The number of Topliss-reactive ketones (excluding diaryl/α,β-unsaturated/α-hetero) is 3. The fraction of sp³-hybridized carbons (Fsp3) is 0.571. The Morgan fingerprint density at radius 1 is 1.09 bits per heavy atom. The SMILES string of the molecule is CC1C(=O)C(=O)C2OC2C1=O. The molecule has 0 aromatic rings. The second-order valence-corrected chi connectivity index (χ2v) is 2.83. The summed E-state index contributed by atoms with van der Waals surface area (Å²) in [5, 5.41) is 0. The van der Waals surface area contributed by atoms with Crippen molar-refractivity contribution in [2.75, 3.05) is 0 Å². The highest BCUT2D eigenvalue weighted by Gasteiger charge is 2.59. The average Bonchev–Trinajstić information content (AvgIpc) is 2.76. The molecule has 2 rings (SSSR count). The summed E-state index contributed by atoms with van der Waals surface area (Å²) in [4.78, 5) is 32.8. The van der Waals surface area contributed by atoms with Crippen molar-refractivity contribution in [1.29, 1.82) is 0 Å². The standard InChI is InChI=1S/C7H6O4/c1-2-3(8)5(10)7-6(11-7)4(2)9/h2,6-7H,1H3. The third kappa shape index (κ3) is 0.699. The molecule has 1 saturated heterocycles. The van der Waals surface area contributed by atoms with Crippen LogP contribution in [0.3, 0.4) is 0 Å². The first-order chi connectivity index (χ1) is 5.13. The molecule has 0 aromatic carbocycles. The molecule has 1 aliphatic heterocycles. The highest BCUT2D eigenvalue weighted by atomic mass is 16.6. The van der Waals surface area contributed by atoms with E-state index in [9.17, 15) is 14.4 Å². The van der Waals surface area contributed by atoms with E-state index in [4.69, 9.17) is 4.74 Å². The number of carbonyl (C=O) groups excluding carboxylic acids is 3. The van der Waals surface area contributed by atoms with Gasteiger partial charge in [-0.15, -0.1) is 0 Å². The largest absolute Gasteiger partial charge is 0.352 e. The fourth-order valence-corrected chi connectivity index (χ4v) is 1.26. The smallest absolute Gasteiger partial charge is 0.230 e. The van der Waals surface area contributed by atoms with E-state index in [1.165, 1.54) is 6.92 Å². The van der Waals surface area contributed by atoms with Crippen LogP contribution in [0.5, 0.6) is 0 Å². The van der Waals surface area contributed by atoms with E-state index >= 15 is 0 Å². The molecule has 0 N–H and O–H groups in total. The van der Waals surface area contributed by atoms with Crippen molar-refractivity contribution in [3.05, 3.63) is 0 Å². The number of fused-ring (bicyclic) bond motifs is 1. The minimum absolute atomic E-state index is 0.250. The molecule has 0 amide bonds. The van der Waals surface area contributed by atoms with Crippen LogP contribution < -0.4 is 0 Å². The quantitative estimate of drug-likeness (QED) is 0.258. The van der Waals surface area contributed by atoms with Gasteiger partial charge in [0.2, 0.25) is 11.6 Å². The van der Waals surface area contributed by atoms with Crippen LogP contribution in [-0.2, 0) is 19.1 Å². The number of ether oxygens (including phenoxy) is 1. The molecule has 0 aromatic heterocycles. The number of rotatable bonds is 0. The van der Waals surface area contributed by atoms with Crippen LogP contribution in [0.25, 0.3) is 0 Å². The second kappa shape index (κ2) is 1.76. The van der Waals surface area contributed by atoms with Crippen molar-refractivity contribution in [2.45, 2.75) is 19.1 Å². The number of epoxide rings is 1. The second-order valence-electron chi connectivity index (χ2n) is 2.83. The van der Waals surface area contributed by atoms with Gasteiger partial charge in [-0.3, -0.25) is 14.4 Å². The van der Waals surface area contributed by atoms with E-state index in [-0.39, 0.29) is 5.78 Å². The van der Waals surface area contributed by atoms with E-state index < -0.39 is 29.7 Å². The lowest BCUT2D eigenvalue weighted by atomic mass is 9.87. The first-order valence-corrected chi connectivity index (χ1v) is 3.40. The van der Waals surface area contributed by atoms with Crippen LogP contribution in [0.1, 0.15) is 6.92 Å². The third-order valence-electron chi connectivity index (χ3n) is 2.09. The molecular weight excluding hydrogens is 148 g/mol. The third-order valence-corrected chi connectivity index (χ3v) is 2.09. The Labute approximate surface area is 62.5 Å². The monoisotopic (exact) mass is 154 g/mol. The molecule has 3 atom stereocenters. The molecule has 1 saturated carbocycles. The minimum atomic E-state index is -0.786. The van der Waals surface area contributed by atoms with Gasteiger partial charge in [0.05, 0.1) is 5.92 Å². The van der Waals surface area contributed by atoms with Crippen molar-refractivity contribution in [2.24, 2.45) is 5.92 Å². The van der Waals surface area contributed by atoms with Gasteiger partial charge in [-0.25, -0.2) is 0 Å². The summed E-state index contributed by atoms with van der Waals surface area (Å²) in [6, 6.07) is 0. The van der Waals surface area contributed by atoms with Crippen LogP contribution in [0.2, 0.25) is 0 Å². The molecule has 0 spiro atoms. The van der Waals surface area contributed by atoms with Crippen molar-refractivity contribution < 1.29 is 19.1 Å². The maximum atomic E-state index is 11.0. The molecule has 58 valence electrons. The highest BCUT2D eigenvalue weighted by Crippen LogP contribution is 2.32. The topological polar surface area (TPSA) is 63.7 Å². The molecule has 11 heavy (non-hydrogen) atoms. The first-order valence-electron chi connectivity index (χ1n) is 3.40. The summed E-state index contributed by atoms with van der Waals surface area (Å²) in [5.74, 6) is -2.18. The maximum absolute atomic E-state index is 11.0. The van der Waals surface area contributed by atoms with Crippen molar-refractivity contribution in [3.8, 4) is 0 Å². The van der Waals surface area contributed by atoms with Crippen LogP contribution in [0.15, 0.2) is 0 Å². The van der Waals surface area contributed by atoms with Gasteiger partial charge in [-0.05, 0) is 6.92 Å². The van der Waals surface area contributed by atoms with Crippen LogP contribution >= 0.6 is 0 Å².